The Hall–Kier alpha value is -1.45. The first-order valence-electron chi connectivity index (χ1n) is 7.21. The molecule has 0 aromatic carbocycles. The molecule has 1 aliphatic rings. The average Bonchev–Trinajstić information content (AvgIpc) is 2.86. The zero-order valence-electron chi connectivity index (χ0n) is 13.1. The number of nitrogens with zero attached hydrogens (tertiary/aromatic N) is 3. The second-order valence-electron chi connectivity index (χ2n) is 6.55. The number of carbonyl (C=O) groups excluding carboxylic acids is 1. The van der Waals surface area contributed by atoms with Gasteiger partial charge >= 0.3 is 0 Å². The fourth-order valence-corrected chi connectivity index (χ4v) is 3.09. The van der Waals surface area contributed by atoms with Crippen LogP contribution in [-0.4, -0.2) is 41.5 Å². The molecular formula is C13H23N5O3S. The summed E-state index contributed by atoms with van der Waals surface area (Å²) in [6, 6.07) is 0. The molecule has 1 aromatic heterocycles. The van der Waals surface area contributed by atoms with Crippen molar-refractivity contribution in [2.45, 2.75) is 39.2 Å². The number of piperidine rings is 1. The van der Waals surface area contributed by atoms with Crippen LogP contribution in [0.5, 0.6) is 0 Å². The average molecular weight is 329 g/mol. The van der Waals surface area contributed by atoms with Gasteiger partial charge in [0.15, 0.2) is 0 Å². The first-order valence-corrected chi connectivity index (χ1v) is 8.71. The van der Waals surface area contributed by atoms with Gasteiger partial charge in [0.2, 0.25) is 5.91 Å². The monoisotopic (exact) mass is 329 g/mol. The summed E-state index contributed by atoms with van der Waals surface area (Å²) in [5.41, 5.74) is 0.498. The quantitative estimate of drug-likeness (QED) is 0.841. The van der Waals surface area contributed by atoms with Crippen molar-refractivity contribution in [2.75, 3.05) is 18.4 Å². The molecule has 22 heavy (non-hydrogen) atoms. The molecule has 1 saturated heterocycles. The molecule has 0 bridgehead atoms. The fourth-order valence-electron chi connectivity index (χ4n) is 2.37. The van der Waals surface area contributed by atoms with Crippen molar-refractivity contribution >= 4 is 21.8 Å². The van der Waals surface area contributed by atoms with Crippen molar-refractivity contribution in [3.05, 3.63) is 12.4 Å². The number of hydrogen-bond donors (Lipinski definition) is 2. The molecule has 0 saturated carbocycles. The Morgan fingerprint density at radius 2 is 1.95 bits per heavy atom. The van der Waals surface area contributed by atoms with Crippen LogP contribution in [0.1, 0.15) is 33.6 Å². The minimum absolute atomic E-state index is 0.109. The van der Waals surface area contributed by atoms with E-state index < -0.39 is 10.2 Å². The van der Waals surface area contributed by atoms with Gasteiger partial charge in [0, 0.05) is 25.2 Å². The van der Waals surface area contributed by atoms with Crippen LogP contribution in [0, 0.1) is 5.92 Å². The third-order valence-electron chi connectivity index (χ3n) is 3.72. The molecule has 2 heterocycles. The van der Waals surface area contributed by atoms with Crippen LogP contribution in [0.3, 0.4) is 0 Å². The second-order valence-corrected chi connectivity index (χ2v) is 8.10. The summed E-state index contributed by atoms with van der Waals surface area (Å²) < 4.78 is 25.5. The van der Waals surface area contributed by atoms with Gasteiger partial charge in [-0.05, 0) is 33.6 Å². The first kappa shape index (κ1) is 16.9. The maximum atomic E-state index is 12.2. The highest BCUT2D eigenvalue weighted by atomic mass is 32.2. The Labute approximate surface area is 130 Å². The predicted molar refractivity (Wildman–Crippen MR) is 83.3 cm³/mol. The first-order chi connectivity index (χ1) is 10.1. The van der Waals surface area contributed by atoms with E-state index in [0.29, 0.717) is 18.5 Å². The Morgan fingerprint density at radius 1 is 1.36 bits per heavy atom. The number of nitrogens with one attached hydrogen (secondary N) is 1. The van der Waals surface area contributed by atoms with E-state index in [1.807, 2.05) is 20.8 Å². The molecule has 0 radical (unpaired) electrons. The van der Waals surface area contributed by atoms with Crippen molar-refractivity contribution < 1.29 is 13.2 Å². The van der Waals surface area contributed by atoms with Gasteiger partial charge in [-0.3, -0.25) is 9.48 Å². The highest BCUT2D eigenvalue weighted by Crippen LogP contribution is 2.21. The smallest absolute Gasteiger partial charge is 0.276 e. The van der Waals surface area contributed by atoms with E-state index >= 15 is 0 Å². The van der Waals surface area contributed by atoms with Crippen molar-refractivity contribution in [1.82, 2.24) is 14.1 Å². The van der Waals surface area contributed by atoms with Crippen LogP contribution < -0.4 is 10.5 Å². The SMILES string of the molecule is CC(C)(C)n1cc(NC(=O)C2CCN(S(N)(=O)=O)CC2)cn1. The van der Waals surface area contributed by atoms with E-state index in [0.717, 1.165) is 0 Å². The molecule has 1 aliphatic heterocycles. The molecule has 0 atom stereocenters. The van der Waals surface area contributed by atoms with E-state index in [1.54, 1.807) is 17.1 Å². The lowest BCUT2D eigenvalue weighted by Gasteiger charge is -2.28. The summed E-state index contributed by atoms with van der Waals surface area (Å²) in [5, 5.41) is 12.1. The summed E-state index contributed by atoms with van der Waals surface area (Å²) in [7, 11) is -3.66. The predicted octanol–water partition coefficient (Wildman–Crippen LogP) is 0.492. The molecule has 1 fully saturated rings. The van der Waals surface area contributed by atoms with Crippen LogP contribution in [-0.2, 0) is 20.5 Å². The number of aromatic nitrogens is 2. The van der Waals surface area contributed by atoms with Gasteiger partial charge in [-0.1, -0.05) is 0 Å². The van der Waals surface area contributed by atoms with Crippen LogP contribution in [0.4, 0.5) is 5.69 Å². The normalized spacial score (nSPS) is 18.4. The Morgan fingerprint density at radius 3 is 2.41 bits per heavy atom. The molecule has 124 valence electrons. The number of amides is 1. The lowest BCUT2D eigenvalue weighted by molar-refractivity contribution is -0.120. The zero-order valence-corrected chi connectivity index (χ0v) is 13.9. The molecular weight excluding hydrogens is 306 g/mol. The summed E-state index contributed by atoms with van der Waals surface area (Å²) >= 11 is 0. The molecule has 2 rings (SSSR count). The molecule has 9 heteroatoms. The topological polar surface area (TPSA) is 110 Å². The molecule has 1 amide bonds. The molecule has 0 aliphatic carbocycles. The van der Waals surface area contributed by atoms with Crippen LogP contribution in [0.15, 0.2) is 12.4 Å². The fraction of sp³-hybridized carbons (Fsp3) is 0.692. The Kier molecular flexibility index (Phi) is 4.59. The number of anilines is 1. The minimum Gasteiger partial charge on any atom is -0.323 e. The van der Waals surface area contributed by atoms with Gasteiger partial charge in [0.1, 0.15) is 0 Å². The third-order valence-corrected chi connectivity index (χ3v) is 4.81. The van der Waals surface area contributed by atoms with E-state index in [4.69, 9.17) is 5.14 Å². The number of hydrogen-bond acceptors (Lipinski definition) is 4. The van der Waals surface area contributed by atoms with Crippen LogP contribution in [0.2, 0.25) is 0 Å². The van der Waals surface area contributed by atoms with Crippen molar-refractivity contribution in [1.29, 1.82) is 0 Å². The summed E-state index contributed by atoms with van der Waals surface area (Å²) in [5.74, 6) is -0.321. The van der Waals surface area contributed by atoms with Gasteiger partial charge < -0.3 is 5.32 Å². The van der Waals surface area contributed by atoms with Gasteiger partial charge in [0.25, 0.3) is 10.2 Å². The highest BCUT2D eigenvalue weighted by molar-refractivity contribution is 7.86. The van der Waals surface area contributed by atoms with Crippen LogP contribution in [0.25, 0.3) is 0 Å². The largest absolute Gasteiger partial charge is 0.323 e. The number of nitrogens with two attached hydrogens (primary N) is 1. The van der Waals surface area contributed by atoms with Gasteiger partial charge in [0.05, 0.1) is 17.4 Å². The lowest BCUT2D eigenvalue weighted by atomic mass is 9.97. The van der Waals surface area contributed by atoms with E-state index in [1.165, 1.54) is 4.31 Å². The van der Waals surface area contributed by atoms with Crippen molar-refractivity contribution in [3.63, 3.8) is 0 Å². The zero-order chi connectivity index (χ0) is 16.5. The third kappa shape index (κ3) is 4.05. The van der Waals surface area contributed by atoms with Gasteiger partial charge in [-0.15, -0.1) is 0 Å². The summed E-state index contributed by atoms with van der Waals surface area (Å²) in [6.45, 7) is 6.62. The van der Waals surface area contributed by atoms with E-state index in [2.05, 4.69) is 10.4 Å². The number of carbonyl (C=O) groups is 1. The molecule has 0 unspecified atom stereocenters. The number of rotatable bonds is 3. The lowest BCUT2D eigenvalue weighted by Crippen LogP contribution is -2.44. The van der Waals surface area contributed by atoms with Gasteiger partial charge in [-0.2, -0.15) is 17.8 Å². The van der Waals surface area contributed by atoms with Crippen molar-refractivity contribution in [3.8, 4) is 0 Å². The Balaban J connectivity index is 1.93. The summed E-state index contributed by atoms with van der Waals surface area (Å²) in [4.78, 5) is 12.2. The van der Waals surface area contributed by atoms with Crippen molar-refractivity contribution in [2.24, 2.45) is 11.1 Å². The standard InChI is InChI=1S/C13H23N5O3S/c1-13(2,3)18-9-11(8-15-18)16-12(19)10-4-6-17(7-5-10)22(14,20)21/h8-10H,4-7H2,1-3H3,(H,16,19)(H2,14,20,21). The van der Waals surface area contributed by atoms with Crippen LogP contribution >= 0.6 is 0 Å². The highest BCUT2D eigenvalue weighted by Gasteiger charge is 2.29. The maximum absolute atomic E-state index is 12.2. The second kappa shape index (κ2) is 5.98. The molecule has 8 nitrogen and oxygen atoms in total. The van der Waals surface area contributed by atoms with E-state index in [9.17, 15) is 13.2 Å². The van der Waals surface area contributed by atoms with E-state index in [-0.39, 0.29) is 30.5 Å². The molecule has 1 aromatic rings. The van der Waals surface area contributed by atoms with Gasteiger partial charge in [-0.25, -0.2) is 5.14 Å². The molecule has 0 spiro atoms. The molecule has 3 N–H and O–H groups in total. The Bertz CT molecular complexity index is 639. The minimum atomic E-state index is -3.66. The summed E-state index contributed by atoms with van der Waals surface area (Å²) in [6.07, 6.45) is 4.34. The maximum Gasteiger partial charge on any atom is 0.276 e.